The maximum Gasteiger partial charge on any atom is 0.186 e. The second-order valence-corrected chi connectivity index (χ2v) is 4.38. The number of halogens is 1. The van der Waals surface area contributed by atoms with Crippen molar-refractivity contribution in [3.05, 3.63) is 17.8 Å². The van der Waals surface area contributed by atoms with Crippen molar-refractivity contribution in [2.75, 3.05) is 18.0 Å². The number of rotatable bonds is 1. The number of aryl methyl sites for hydroxylation is 1. The minimum Gasteiger partial charge on any atom is -0.391 e. The van der Waals surface area contributed by atoms with Gasteiger partial charge in [-0.2, -0.15) is 0 Å². The Balaban J connectivity index is 2.22. The third-order valence-electron chi connectivity index (χ3n) is 3.16. The molecular weight excluding hydrogens is 209 g/mol. The average molecular weight is 225 g/mol. The van der Waals surface area contributed by atoms with E-state index in [-0.39, 0.29) is 11.7 Å². The minimum atomic E-state index is -0.413. The lowest BCUT2D eigenvalue weighted by atomic mass is 9.96. The number of nitrogens with zero attached hydrogens (tertiary/aromatic N) is 3. The molecule has 5 heteroatoms. The van der Waals surface area contributed by atoms with Crippen molar-refractivity contribution in [2.45, 2.75) is 26.4 Å². The van der Waals surface area contributed by atoms with E-state index < -0.39 is 6.10 Å². The largest absolute Gasteiger partial charge is 0.391 e. The van der Waals surface area contributed by atoms with Crippen molar-refractivity contribution in [3.8, 4) is 0 Å². The van der Waals surface area contributed by atoms with Crippen LogP contribution in [0.4, 0.5) is 10.2 Å². The molecule has 2 heterocycles. The van der Waals surface area contributed by atoms with Crippen LogP contribution < -0.4 is 4.90 Å². The molecule has 1 aliphatic heterocycles. The van der Waals surface area contributed by atoms with E-state index in [9.17, 15) is 9.50 Å². The molecule has 0 radical (unpaired) electrons. The lowest BCUT2D eigenvalue weighted by molar-refractivity contribution is 0.102. The van der Waals surface area contributed by atoms with E-state index in [0.29, 0.717) is 18.1 Å². The lowest BCUT2D eigenvalue weighted by Gasteiger charge is -2.35. The van der Waals surface area contributed by atoms with Crippen LogP contribution >= 0.6 is 0 Å². The van der Waals surface area contributed by atoms with Crippen LogP contribution in [0.3, 0.4) is 0 Å². The molecule has 4 nitrogen and oxygen atoms in total. The molecule has 0 bridgehead atoms. The number of anilines is 1. The number of aromatic nitrogens is 2. The molecule has 1 fully saturated rings. The molecule has 2 rings (SSSR count). The Bertz CT molecular complexity index is 385. The van der Waals surface area contributed by atoms with Crippen LogP contribution in [0.2, 0.25) is 0 Å². The van der Waals surface area contributed by atoms with Crippen LogP contribution in [0.1, 0.15) is 19.0 Å². The van der Waals surface area contributed by atoms with Crippen molar-refractivity contribution in [2.24, 2.45) is 5.92 Å². The van der Waals surface area contributed by atoms with Gasteiger partial charge in [0.15, 0.2) is 11.6 Å². The Labute approximate surface area is 94.1 Å². The molecule has 0 saturated carbocycles. The highest BCUT2D eigenvalue weighted by Gasteiger charge is 2.27. The molecule has 2 unspecified atom stereocenters. The standard InChI is InChI=1S/C11H16FN3O/c1-7-3-4-15(5-9(7)16)11-10(12)8(2)13-6-14-11/h6-7,9,16H,3-5H2,1-2H3. The van der Waals surface area contributed by atoms with Gasteiger partial charge in [-0.15, -0.1) is 0 Å². The predicted octanol–water partition coefficient (Wildman–Crippen LogP) is 1.13. The van der Waals surface area contributed by atoms with Crippen molar-refractivity contribution >= 4 is 5.82 Å². The topological polar surface area (TPSA) is 49.2 Å². The molecule has 0 amide bonds. The summed E-state index contributed by atoms with van der Waals surface area (Å²) in [6.07, 6.45) is 1.80. The Hall–Kier alpha value is -1.23. The molecule has 88 valence electrons. The van der Waals surface area contributed by atoms with Crippen molar-refractivity contribution < 1.29 is 9.50 Å². The number of hydrogen-bond acceptors (Lipinski definition) is 4. The van der Waals surface area contributed by atoms with Gasteiger partial charge in [-0.1, -0.05) is 6.92 Å². The third kappa shape index (κ3) is 2.00. The Morgan fingerprint density at radius 3 is 2.94 bits per heavy atom. The first-order valence-electron chi connectivity index (χ1n) is 5.49. The zero-order valence-corrected chi connectivity index (χ0v) is 9.52. The second kappa shape index (κ2) is 4.33. The predicted molar refractivity (Wildman–Crippen MR) is 58.7 cm³/mol. The molecule has 1 aliphatic rings. The summed E-state index contributed by atoms with van der Waals surface area (Å²) in [5.74, 6) is 0.185. The summed E-state index contributed by atoms with van der Waals surface area (Å²) < 4.78 is 13.8. The van der Waals surface area contributed by atoms with Crippen molar-refractivity contribution in [3.63, 3.8) is 0 Å². The molecule has 1 saturated heterocycles. The normalized spacial score (nSPS) is 25.9. The fourth-order valence-electron chi connectivity index (χ4n) is 1.91. The lowest BCUT2D eigenvalue weighted by Crippen LogP contribution is -2.43. The number of aliphatic hydroxyl groups excluding tert-OH is 1. The molecule has 1 N–H and O–H groups in total. The molecule has 1 aromatic rings. The Morgan fingerprint density at radius 2 is 2.25 bits per heavy atom. The third-order valence-corrected chi connectivity index (χ3v) is 3.16. The van der Waals surface area contributed by atoms with Gasteiger partial charge in [0.25, 0.3) is 0 Å². The molecule has 0 aliphatic carbocycles. The van der Waals surface area contributed by atoms with Gasteiger partial charge >= 0.3 is 0 Å². The number of β-amino-alcohol motifs (C(OH)–C–C–N with tert-alkyl or cyclic N) is 1. The highest BCUT2D eigenvalue weighted by Crippen LogP contribution is 2.24. The quantitative estimate of drug-likeness (QED) is 0.778. The zero-order chi connectivity index (χ0) is 11.7. The van der Waals surface area contributed by atoms with E-state index in [4.69, 9.17) is 0 Å². The summed E-state index contributed by atoms with van der Waals surface area (Å²) in [5.41, 5.74) is 0.345. The summed E-state index contributed by atoms with van der Waals surface area (Å²) in [6, 6.07) is 0. The van der Waals surface area contributed by atoms with Crippen LogP contribution in [0.5, 0.6) is 0 Å². The smallest absolute Gasteiger partial charge is 0.186 e. The number of hydrogen-bond donors (Lipinski definition) is 1. The van der Waals surface area contributed by atoms with Gasteiger partial charge in [0.05, 0.1) is 11.8 Å². The number of aliphatic hydroxyl groups is 1. The van der Waals surface area contributed by atoms with Gasteiger partial charge in [-0.05, 0) is 19.3 Å². The van der Waals surface area contributed by atoms with Crippen molar-refractivity contribution in [1.29, 1.82) is 0 Å². The van der Waals surface area contributed by atoms with E-state index in [1.165, 1.54) is 6.33 Å². The molecule has 0 spiro atoms. The molecule has 1 aromatic heterocycles. The maximum atomic E-state index is 13.8. The van der Waals surface area contributed by atoms with Crippen LogP contribution in [0.25, 0.3) is 0 Å². The second-order valence-electron chi connectivity index (χ2n) is 4.38. The van der Waals surface area contributed by atoms with Crippen LogP contribution in [-0.4, -0.2) is 34.3 Å². The highest BCUT2D eigenvalue weighted by molar-refractivity contribution is 5.41. The first-order valence-corrected chi connectivity index (χ1v) is 5.49. The van der Waals surface area contributed by atoms with Crippen LogP contribution in [0.15, 0.2) is 6.33 Å². The minimum absolute atomic E-state index is 0.266. The summed E-state index contributed by atoms with van der Waals surface area (Å²) in [5, 5.41) is 9.76. The van der Waals surface area contributed by atoms with Gasteiger partial charge in [-0.3, -0.25) is 0 Å². The molecule has 16 heavy (non-hydrogen) atoms. The monoisotopic (exact) mass is 225 g/mol. The summed E-state index contributed by atoms with van der Waals surface area (Å²) in [6.45, 7) is 4.78. The van der Waals surface area contributed by atoms with Gasteiger partial charge in [-0.25, -0.2) is 14.4 Å². The first-order chi connectivity index (χ1) is 7.59. The van der Waals surface area contributed by atoms with E-state index in [1.54, 1.807) is 11.8 Å². The average Bonchev–Trinajstić information content (AvgIpc) is 2.26. The molecule has 0 aromatic carbocycles. The Kier molecular flexibility index (Phi) is 3.05. The summed E-state index contributed by atoms with van der Waals surface area (Å²) in [4.78, 5) is 9.53. The Morgan fingerprint density at radius 1 is 1.50 bits per heavy atom. The molecular formula is C11H16FN3O. The van der Waals surface area contributed by atoms with Gasteiger partial charge < -0.3 is 10.0 Å². The first kappa shape index (κ1) is 11.3. The fourth-order valence-corrected chi connectivity index (χ4v) is 1.91. The van der Waals surface area contributed by atoms with Crippen LogP contribution in [-0.2, 0) is 0 Å². The van der Waals surface area contributed by atoms with Crippen molar-refractivity contribution in [1.82, 2.24) is 9.97 Å². The van der Waals surface area contributed by atoms with E-state index in [2.05, 4.69) is 9.97 Å². The van der Waals surface area contributed by atoms with Crippen LogP contribution in [0, 0.1) is 18.7 Å². The summed E-state index contributed by atoms with van der Waals surface area (Å²) >= 11 is 0. The SMILES string of the molecule is Cc1ncnc(N2CCC(C)C(O)C2)c1F. The van der Waals surface area contributed by atoms with E-state index in [0.717, 1.165) is 13.0 Å². The van der Waals surface area contributed by atoms with Gasteiger partial charge in [0.1, 0.15) is 6.33 Å². The highest BCUT2D eigenvalue weighted by atomic mass is 19.1. The van der Waals surface area contributed by atoms with Gasteiger partial charge in [0, 0.05) is 13.1 Å². The van der Waals surface area contributed by atoms with Gasteiger partial charge in [0.2, 0.25) is 0 Å². The van der Waals surface area contributed by atoms with E-state index >= 15 is 0 Å². The fraction of sp³-hybridized carbons (Fsp3) is 0.636. The van der Waals surface area contributed by atoms with E-state index in [1.807, 2.05) is 6.92 Å². The summed E-state index contributed by atoms with van der Waals surface area (Å²) in [7, 11) is 0. The zero-order valence-electron chi connectivity index (χ0n) is 9.52. The molecule has 2 atom stereocenters. The maximum absolute atomic E-state index is 13.8. The number of piperidine rings is 1.